The van der Waals surface area contributed by atoms with Crippen molar-refractivity contribution < 1.29 is 50.3 Å². The van der Waals surface area contributed by atoms with Crippen LogP contribution in [0, 0.1) is 5.92 Å². The summed E-state index contributed by atoms with van der Waals surface area (Å²) in [4.78, 5) is 0. The molecule has 0 saturated carbocycles. The van der Waals surface area contributed by atoms with Crippen molar-refractivity contribution in [3.63, 3.8) is 0 Å². The van der Waals surface area contributed by atoms with Gasteiger partial charge in [0.25, 0.3) is 0 Å². The molecule has 0 aliphatic rings. The van der Waals surface area contributed by atoms with Gasteiger partial charge in [-0.1, -0.05) is 13.8 Å². The van der Waals surface area contributed by atoms with E-state index in [0.29, 0.717) is 0 Å². The molecular weight excluding hydrogens is 239 g/mol. The second kappa shape index (κ2) is 4.85. The first-order chi connectivity index (χ1) is 3.89. The van der Waals surface area contributed by atoms with Crippen LogP contribution in [0.15, 0.2) is 0 Å². The van der Waals surface area contributed by atoms with Gasteiger partial charge in [0.05, 0.1) is 0 Å². The molecule has 0 aliphatic carbocycles. The van der Waals surface area contributed by atoms with Crippen LogP contribution >= 0.6 is 0 Å². The summed E-state index contributed by atoms with van der Waals surface area (Å²) in [6, 6.07) is 0. The molecule has 0 fully saturated rings. The van der Waals surface area contributed by atoms with E-state index in [9.17, 15) is 17.5 Å². The van der Waals surface area contributed by atoms with Crippen LogP contribution in [0.3, 0.4) is 0 Å². The van der Waals surface area contributed by atoms with Gasteiger partial charge in [0.2, 0.25) is 0 Å². The van der Waals surface area contributed by atoms with Gasteiger partial charge in [-0.15, -0.1) is 0 Å². The molecule has 0 aliphatic heterocycles. The van der Waals surface area contributed by atoms with Crippen molar-refractivity contribution in [1.29, 1.82) is 0 Å². The fraction of sp³-hybridized carbons (Fsp3) is 1.00. The van der Waals surface area contributed by atoms with E-state index in [1.54, 1.807) is 0 Å². The maximum atomic E-state index is 12.1. The van der Waals surface area contributed by atoms with Gasteiger partial charge < -0.3 is 4.55 Å². The Kier molecular flexibility index (Phi) is 6.62. The van der Waals surface area contributed by atoms with Crippen molar-refractivity contribution in [2.75, 3.05) is 0 Å². The first-order valence-electron chi connectivity index (χ1n) is 2.36. The van der Waals surface area contributed by atoms with E-state index in [0.717, 1.165) is 13.8 Å². The van der Waals surface area contributed by atoms with Crippen LogP contribution < -0.4 is 0 Å². The van der Waals surface area contributed by atoms with Crippen molar-refractivity contribution in [2.24, 2.45) is 5.92 Å². The summed E-state index contributed by atoms with van der Waals surface area (Å²) < 4.78 is 43.5. The van der Waals surface area contributed by atoms with Crippen molar-refractivity contribution in [1.82, 2.24) is 0 Å². The van der Waals surface area contributed by atoms with Gasteiger partial charge >= 0.3 is 5.25 Å². The Labute approximate surface area is 85.9 Å². The third-order valence-electron chi connectivity index (χ3n) is 0.894. The summed E-state index contributed by atoms with van der Waals surface area (Å²) in [6.45, 7) is 2.30. The molecule has 0 amide bonds. The topological polar surface area (TPSA) is 40.1 Å². The van der Waals surface area contributed by atoms with Crippen molar-refractivity contribution in [3.8, 4) is 0 Å². The number of hydrogen-bond acceptors (Lipinski definition) is 2. The molecule has 0 aromatic rings. The molecule has 0 aromatic heterocycles. The van der Waals surface area contributed by atoms with Gasteiger partial charge in [-0.05, 0) is 0 Å². The van der Waals surface area contributed by atoms with Crippen LogP contribution in [0.4, 0.5) is 8.78 Å². The van der Waals surface area contributed by atoms with Gasteiger partial charge in [-0.3, -0.25) is 4.21 Å². The minimum Gasteiger partial charge on any atom is -0.768 e. The maximum absolute atomic E-state index is 12.1. The number of rotatable bonds is 2. The maximum Gasteiger partial charge on any atom is 0.311 e. The van der Waals surface area contributed by atoms with E-state index in [1.165, 1.54) is 0 Å². The Morgan fingerprint density at radius 1 is 1.50 bits per heavy atom. The van der Waals surface area contributed by atoms with E-state index >= 15 is 0 Å². The Hall–Kier alpha value is 1.07. The largest absolute Gasteiger partial charge is 0.768 e. The molecule has 10 heavy (non-hydrogen) atoms. The standard InChI is InChI=1S/C4H8F2O2S.Y/c1-3(2)4(5,6)9(7)8;/h3H,1-2H3,(H,7,8);/p-1. The zero-order valence-corrected chi connectivity index (χ0v) is 9.29. The van der Waals surface area contributed by atoms with E-state index in [2.05, 4.69) is 0 Å². The second-order valence-electron chi connectivity index (χ2n) is 1.95. The molecule has 1 unspecified atom stereocenters. The molecule has 1 radical (unpaired) electrons. The minimum absolute atomic E-state index is 0. The fourth-order valence-electron chi connectivity index (χ4n) is 0.192. The third-order valence-corrected chi connectivity index (χ3v) is 1.81. The minimum atomic E-state index is -3.58. The van der Waals surface area contributed by atoms with Crippen molar-refractivity contribution >= 4 is 11.1 Å². The van der Waals surface area contributed by atoms with E-state index in [1.807, 2.05) is 0 Å². The van der Waals surface area contributed by atoms with Crippen LogP contribution in [0.5, 0.6) is 0 Å². The molecule has 2 nitrogen and oxygen atoms in total. The molecule has 0 saturated heterocycles. The van der Waals surface area contributed by atoms with E-state index < -0.39 is 22.3 Å². The first kappa shape index (κ1) is 13.6. The van der Waals surface area contributed by atoms with Crippen LogP contribution in [0.2, 0.25) is 0 Å². The third kappa shape index (κ3) is 3.46. The fourth-order valence-corrected chi connectivity index (χ4v) is 0.577. The van der Waals surface area contributed by atoms with Crippen LogP contribution in [-0.4, -0.2) is 14.0 Å². The monoisotopic (exact) mass is 246 g/mol. The molecule has 0 heterocycles. The average Bonchev–Trinajstić information content (AvgIpc) is 1.65. The van der Waals surface area contributed by atoms with Crippen LogP contribution in [0.25, 0.3) is 0 Å². The van der Waals surface area contributed by atoms with Crippen LogP contribution in [-0.2, 0) is 43.8 Å². The Balaban J connectivity index is 0. The zero-order valence-electron chi connectivity index (χ0n) is 5.64. The molecule has 1 atom stereocenters. The molecule has 0 spiro atoms. The van der Waals surface area contributed by atoms with E-state index in [4.69, 9.17) is 0 Å². The molecule has 6 heteroatoms. The number of alkyl halides is 2. The summed E-state index contributed by atoms with van der Waals surface area (Å²) in [5.41, 5.74) is 0. The predicted octanol–water partition coefficient (Wildman–Crippen LogP) is 1.11. The van der Waals surface area contributed by atoms with E-state index in [-0.39, 0.29) is 32.7 Å². The zero-order chi connectivity index (χ0) is 7.65. The van der Waals surface area contributed by atoms with Gasteiger partial charge in [-0.25, -0.2) is 0 Å². The molecular formula is C4H7F2O2SY-. The molecule has 59 valence electrons. The Bertz CT molecular complexity index is 128. The summed E-state index contributed by atoms with van der Waals surface area (Å²) in [5.74, 6) is -1.16. The van der Waals surface area contributed by atoms with Crippen LogP contribution in [0.1, 0.15) is 13.8 Å². The second-order valence-corrected chi connectivity index (χ2v) is 2.96. The SMILES string of the molecule is CC(C)C(F)(F)S(=O)[O-].[Y]. The summed E-state index contributed by atoms with van der Waals surface area (Å²) in [7, 11) is 0. The first-order valence-corrected chi connectivity index (χ1v) is 3.43. The number of hydrogen-bond donors (Lipinski definition) is 0. The molecule has 0 bridgehead atoms. The molecule has 0 rings (SSSR count). The summed E-state index contributed by atoms with van der Waals surface area (Å²) in [5, 5.41) is -3.58. The predicted molar refractivity (Wildman–Crippen MR) is 28.7 cm³/mol. The Morgan fingerprint density at radius 3 is 1.80 bits per heavy atom. The van der Waals surface area contributed by atoms with Crippen molar-refractivity contribution in [3.05, 3.63) is 0 Å². The van der Waals surface area contributed by atoms with Gasteiger partial charge in [0.1, 0.15) is 0 Å². The van der Waals surface area contributed by atoms with Gasteiger partial charge in [-0.2, -0.15) is 8.78 Å². The summed E-state index contributed by atoms with van der Waals surface area (Å²) in [6.07, 6.45) is 0. The summed E-state index contributed by atoms with van der Waals surface area (Å²) >= 11 is -3.29. The smallest absolute Gasteiger partial charge is 0.311 e. The molecule has 0 aromatic carbocycles. The normalized spacial score (nSPS) is 14.6. The van der Waals surface area contributed by atoms with Crippen molar-refractivity contribution in [2.45, 2.75) is 19.1 Å². The molecule has 0 N–H and O–H groups in total. The Morgan fingerprint density at radius 2 is 1.80 bits per heavy atom. The quantitative estimate of drug-likeness (QED) is 0.685. The van der Waals surface area contributed by atoms with Gasteiger partial charge in [0.15, 0.2) is 0 Å². The van der Waals surface area contributed by atoms with Gasteiger partial charge in [0, 0.05) is 49.7 Å². The number of halogens is 2. The average molecular weight is 246 g/mol.